The van der Waals surface area contributed by atoms with Crippen LogP contribution in [0, 0.1) is 0 Å². The Morgan fingerprint density at radius 2 is 1.96 bits per heavy atom. The van der Waals surface area contributed by atoms with Crippen molar-refractivity contribution in [1.29, 1.82) is 0 Å². The molecule has 0 saturated heterocycles. The molecule has 0 saturated carbocycles. The minimum Gasteiger partial charge on any atom is -0.480 e. The van der Waals surface area contributed by atoms with E-state index in [0.29, 0.717) is 25.8 Å². The Labute approximate surface area is 157 Å². The maximum absolute atomic E-state index is 12.2. The molecule has 146 valence electrons. The van der Waals surface area contributed by atoms with Gasteiger partial charge in [-0.15, -0.1) is 0 Å². The number of unbranched alkanes of at least 4 members (excludes halogenated alkanes) is 1. The SMILES string of the molecule is NC(N)=NCCCC[C@H](N)C(=O)N[C@@H](Cc1c[nH]c2ccccc12)C(=O)O. The van der Waals surface area contributed by atoms with E-state index in [0.717, 1.165) is 16.5 Å². The van der Waals surface area contributed by atoms with Gasteiger partial charge < -0.3 is 32.6 Å². The zero-order chi connectivity index (χ0) is 19.8. The lowest BCUT2D eigenvalue weighted by Gasteiger charge is -2.17. The number of aromatic nitrogens is 1. The quantitative estimate of drug-likeness (QED) is 0.195. The number of nitrogens with one attached hydrogen (secondary N) is 2. The summed E-state index contributed by atoms with van der Waals surface area (Å²) in [5.74, 6) is -1.56. The zero-order valence-electron chi connectivity index (χ0n) is 15.0. The average Bonchev–Trinajstić information content (AvgIpc) is 3.03. The van der Waals surface area contributed by atoms with Gasteiger partial charge in [0.05, 0.1) is 6.04 Å². The van der Waals surface area contributed by atoms with Crippen LogP contribution in [0.1, 0.15) is 24.8 Å². The van der Waals surface area contributed by atoms with Crippen molar-refractivity contribution in [2.45, 2.75) is 37.8 Å². The predicted octanol–water partition coefficient (Wildman–Crippen LogP) is 0.0508. The van der Waals surface area contributed by atoms with Gasteiger partial charge >= 0.3 is 5.97 Å². The number of benzene rings is 1. The third kappa shape index (κ3) is 6.00. The van der Waals surface area contributed by atoms with Crippen LogP contribution < -0.4 is 22.5 Å². The third-order valence-corrected chi connectivity index (χ3v) is 4.27. The summed E-state index contributed by atoms with van der Waals surface area (Å²) in [5, 5.41) is 12.9. The second kappa shape index (κ2) is 9.58. The highest BCUT2D eigenvalue weighted by molar-refractivity contribution is 5.88. The Hall–Kier alpha value is -3.07. The number of hydrogen-bond donors (Lipinski definition) is 6. The van der Waals surface area contributed by atoms with Crippen molar-refractivity contribution in [2.75, 3.05) is 6.54 Å². The molecule has 2 aromatic rings. The highest BCUT2D eigenvalue weighted by atomic mass is 16.4. The standard InChI is InChI=1S/C18H26N6O3/c19-13(6-3-4-8-22-18(20)21)16(25)24-15(17(26)27)9-11-10-23-14-7-2-1-5-12(11)14/h1-2,5,7,10,13,15,23H,3-4,6,8-9,19H2,(H,24,25)(H,26,27)(H4,20,21,22)/t13-,15-/m0/s1. The van der Waals surface area contributed by atoms with Gasteiger partial charge in [-0.3, -0.25) is 9.79 Å². The molecule has 0 spiro atoms. The van der Waals surface area contributed by atoms with E-state index in [4.69, 9.17) is 17.2 Å². The summed E-state index contributed by atoms with van der Waals surface area (Å²) in [6, 6.07) is 5.76. The Morgan fingerprint density at radius 1 is 1.22 bits per heavy atom. The van der Waals surface area contributed by atoms with Gasteiger partial charge in [-0.05, 0) is 30.9 Å². The number of amides is 1. The number of carboxylic acid groups (broad SMARTS) is 1. The fourth-order valence-electron chi connectivity index (χ4n) is 2.81. The monoisotopic (exact) mass is 374 g/mol. The van der Waals surface area contributed by atoms with Crippen LogP contribution in [-0.4, -0.2) is 46.6 Å². The molecule has 0 fully saturated rings. The Balaban J connectivity index is 1.90. The van der Waals surface area contributed by atoms with Crippen LogP contribution in [0.3, 0.4) is 0 Å². The molecule has 2 atom stereocenters. The van der Waals surface area contributed by atoms with Gasteiger partial charge in [0.1, 0.15) is 6.04 Å². The molecule has 9 nitrogen and oxygen atoms in total. The van der Waals surface area contributed by atoms with Crippen molar-refractivity contribution in [3.05, 3.63) is 36.0 Å². The summed E-state index contributed by atoms with van der Waals surface area (Å²) in [7, 11) is 0. The minimum absolute atomic E-state index is 0.0265. The van der Waals surface area contributed by atoms with Crippen molar-refractivity contribution < 1.29 is 14.7 Å². The molecule has 0 bridgehead atoms. The fourth-order valence-corrected chi connectivity index (χ4v) is 2.81. The van der Waals surface area contributed by atoms with Crippen LogP contribution in [0.15, 0.2) is 35.5 Å². The number of nitrogens with two attached hydrogens (primary N) is 3. The number of aliphatic imine (C=N–C) groups is 1. The number of para-hydroxylation sites is 1. The maximum atomic E-state index is 12.2. The Kier molecular flexibility index (Phi) is 7.18. The first-order valence-corrected chi connectivity index (χ1v) is 8.77. The van der Waals surface area contributed by atoms with E-state index in [1.54, 1.807) is 6.20 Å². The first kappa shape index (κ1) is 20.2. The number of nitrogens with zero attached hydrogens (tertiary/aromatic N) is 1. The largest absolute Gasteiger partial charge is 0.480 e. The molecule has 27 heavy (non-hydrogen) atoms. The summed E-state index contributed by atoms with van der Waals surface area (Å²) in [5.41, 5.74) is 18.1. The van der Waals surface area contributed by atoms with Crippen LogP contribution >= 0.6 is 0 Å². The van der Waals surface area contributed by atoms with Crippen LogP contribution in [0.5, 0.6) is 0 Å². The van der Waals surface area contributed by atoms with Crippen molar-refractivity contribution in [1.82, 2.24) is 10.3 Å². The van der Waals surface area contributed by atoms with Gasteiger partial charge in [-0.1, -0.05) is 18.2 Å². The lowest BCUT2D eigenvalue weighted by molar-refractivity contribution is -0.142. The number of aromatic amines is 1. The topological polar surface area (TPSA) is 173 Å². The van der Waals surface area contributed by atoms with Gasteiger partial charge in [0, 0.05) is 30.1 Å². The van der Waals surface area contributed by atoms with Gasteiger partial charge in [0.25, 0.3) is 0 Å². The number of carbonyl (C=O) groups excluding carboxylic acids is 1. The lowest BCUT2D eigenvalue weighted by Crippen LogP contribution is -2.49. The molecule has 0 aliphatic carbocycles. The number of aliphatic carboxylic acids is 1. The normalized spacial score (nSPS) is 13.1. The lowest BCUT2D eigenvalue weighted by atomic mass is 10.0. The van der Waals surface area contributed by atoms with Gasteiger partial charge in [-0.2, -0.15) is 0 Å². The van der Waals surface area contributed by atoms with E-state index < -0.39 is 24.0 Å². The molecule has 9 heteroatoms. The van der Waals surface area contributed by atoms with Gasteiger partial charge in [0.2, 0.25) is 5.91 Å². The second-order valence-corrected chi connectivity index (χ2v) is 6.37. The van der Waals surface area contributed by atoms with Crippen LogP contribution in [0.4, 0.5) is 0 Å². The van der Waals surface area contributed by atoms with Crippen molar-refractivity contribution in [3.8, 4) is 0 Å². The summed E-state index contributed by atoms with van der Waals surface area (Å²) in [4.78, 5) is 30.8. The first-order valence-electron chi connectivity index (χ1n) is 8.77. The van der Waals surface area contributed by atoms with E-state index in [-0.39, 0.29) is 12.4 Å². The summed E-state index contributed by atoms with van der Waals surface area (Å²) >= 11 is 0. The molecule has 1 aromatic heterocycles. The number of fused-ring (bicyclic) bond motifs is 1. The molecule has 0 aliphatic heterocycles. The van der Waals surface area contributed by atoms with Crippen molar-refractivity contribution >= 4 is 28.7 Å². The minimum atomic E-state index is -1.10. The second-order valence-electron chi connectivity index (χ2n) is 6.37. The summed E-state index contributed by atoms with van der Waals surface area (Å²) in [6.45, 7) is 0.467. The molecule has 0 radical (unpaired) electrons. The van der Waals surface area contributed by atoms with Crippen LogP contribution in [0.25, 0.3) is 10.9 Å². The number of hydrogen-bond acceptors (Lipinski definition) is 4. The number of carbonyl (C=O) groups is 2. The first-order chi connectivity index (χ1) is 12.9. The molecule has 1 aromatic carbocycles. The molecule has 1 heterocycles. The van der Waals surface area contributed by atoms with Gasteiger partial charge in [-0.25, -0.2) is 4.79 Å². The Bertz CT molecular complexity index is 812. The maximum Gasteiger partial charge on any atom is 0.326 e. The van der Waals surface area contributed by atoms with E-state index in [1.807, 2.05) is 24.3 Å². The van der Waals surface area contributed by atoms with Crippen molar-refractivity contribution in [3.63, 3.8) is 0 Å². The van der Waals surface area contributed by atoms with Crippen LogP contribution in [-0.2, 0) is 16.0 Å². The van der Waals surface area contributed by atoms with E-state index in [1.165, 1.54) is 0 Å². The molecule has 1 amide bonds. The fraction of sp³-hybridized carbons (Fsp3) is 0.389. The molecular weight excluding hydrogens is 348 g/mol. The highest BCUT2D eigenvalue weighted by Crippen LogP contribution is 2.19. The molecular formula is C18H26N6O3. The predicted molar refractivity (Wildman–Crippen MR) is 104 cm³/mol. The number of guanidine groups is 1. The molecule has 9 N–H and O–H groups in total. The molecule has 0 aliphatic rings. The average molecular weight is 374 g/mol. The third-order valence-electron chi connectivity index (χ3n) is 4.27. The van der Waals surface area contributed by atoms with E-state index in [9.17, 15) is 14.7 Å². The van der Waals surface area contributed by atoms with Crippen molar-refractivity contribution in [2.24, 2.45) is 22.2 Å². The highest BCUT2D eigenvalue weighted by Gasteiger charge is 2.24. The van der Waals surface area contributed by atoms with Crippen LogP contribution in [0.2, 0.25) is 0 Å². The number of H-pyrrole nitrogens is 1. The number of carboxylic acids is 1. The Morgan fingerprint density at radius 3 is 2.67 bits per heavy atom. The molecule has 0 unspecified atom stereocenters. The number of rotatable bonds is 10. The zero-order valence-corrected chi connectivity index (χ0v) is 15.0. The molecule has 2 rings (SSSR count). The summed E-state index contributed by atoms with van der Waals surface area (Å²) < 4.78 is 0. The smallest absolute Gasteiger partial charge is 0.326 e. The van der Waals surface area contributed by atoms with E-state index in [2.05, 4.69) is 15.3 Å². The van der Waals surface area contributed by atoms with E-state index >= 15 is 0 Å². The summed E-state index contributed by atoms with van der Waals surface area (Å²) in [6.07, 6.45) is 3.70. The van der Waals surface area contributed by atoms with Gasteiger partial charge in [0.15, 0.2) is 5.96 Å².